The van der Waals surface area contributed by atoms with Crippen molar-refractivity contribution in [2.75, 3.05) is 13.1 Å². The minimum atomic E-state index is 0.153. The molecular formula is C15H22N6O2. The number of aromatic nitrogens is 5. The Balaban J connectivity index is 1.39. The molecule has 0 saturated carbocycles. The number of likely N-dealkylation sites (tertiary alicyclic amines) is 1. The summed E-state index contributed by atoms with van der Waals surface area (Å²) in [6, 6.07) is 0.291. The van der Waals surface area contributed by atoms with Crippen LogP contribution in [0.3, 0.4) is 0 Å². The van der Waals surface area contributed by atoms with Crippen LogP contribution in [0.2, 0.25) is 0 Å². The maximum atomic E-state index is 5.99. The number of hydrogen-bond acceptors (Lipinski definition) is 7. The molecule has 2 aliphatic heterocycles. The summed E-state index contributed by atoms with van der Waals surface area (Å²) in [5.41, 5.74) is 1.07. The molecule has 2 aromatic heterocycles. The summed E-state index contributed by atoms with van der Waals surface area (Å²) in [6.45, 7) is 7.41. The molecule has 2 aromatic rings. The Morgan fingerprint density at radius 1 is 1.39 bits per heavy atom. The van der Waals surface area contributed by atoms with E-state index in [-0.39, 0.29) is 6.10 Å². The van der Waals surface area contributed by atoms with Gasteiger partial charge in [0.2, 0.25) is 5.89 Å². The summed E-state index contributed by atoms with van der Waals surface area (Å²) in [5.74, 6) is 2.01. The molecule has 0 aromatic carbocycles. The van der Waals surface area contributed by atoms with Crippen molar-refractivity contribution in [1.29, 1.82) is 0 Å². The van der Waals surface area contributed by atoms with Crippen molar-refractivity contribution in [3.8, 4) is 0 Å². The van der Waals surface area contributed by atoms with Gasteiger partial charge in [-0.1, -0.05) is 24.2 Å². The molecule has 4 rings (SSSR count). The topological polar surface area (TPSA) is 82.1 Å². The lowest BCUT2D eigenvalue weighted by atomic mass is 10.0. The van der Waals surface area contributed by atoms with Crippen molar-refractivity contribution in [3.05, 3.63) is 23.6 Å². The molecule has 2 atom stereocenters. The average Bonchev–Trinajstić information content (AvgIpc) is 3.15. The van der Waals surface area contributed by atoms with Crippen LogP contribution >= 0.6 is 0 Å². The maximum absolute atomic E-state index is 5.99. The molecule has 23 heavy (non-hydrogen) atoms. The average molecular weight is 318 g/mol. The number of rotatable bonds is 4. The molecule has 0 unspecified atom stereocenters. The summed E-state index contributed by atoms with van der Waals surface area (Å²) in [4.78, 5) is 6.81. The van der Waals surface area contributed by atoms with Gasteiger partial charge in [0, 0.05) is 19.5 Å². The van der Waals surface area contributed by atoms with Crippen LogP contribution in [0.25, 0.3) is 0 Å². The van der Waals surface area contributed by atoms with Crippen molar-refractivity contribution in [1.82, 2.24) is 30.0 Å². The second-order valence-electron chi connectivity index (χ2n) is 6.81. The van der Waals surface area contributed by atoms with E-state index in [1.165, 1.54) is 0 Å². The number of ether oxygens (including phenoxy) is 1. The Kier molecular flexibility index (Phi) is 3.86. The Hall–Kier alpha value is -1.80. The minimum Gasteiger partial charge on any atom is -0.368 e. The first-order valence-electron chi connectivity index (χ1n) is 8.23. The highest BCUT2D eigenvalue weighted by Crippen LogP contribution is 2.30. The smallest absolute Gasteiger partial charge is 0.226 e. The summed E-state index contributed by atoms with van der Waals surface area (Å²) < 4.78 is 13.3. The zero-order valence-electron chi connectivity index (χ0n) is 13.6. The second kappa shape index (κ2) is 6.01. The van der Waals surface area contributed by atoms with Crippen LogP contribution < -0.4 is 0 Å². The van der Waals surface area contributed by atoms with Gasteiger partial charge in [0.25, 0.3) is 0 Å². The Morgan fingerprint density at radius 2 is 2.30 bits per heavy atom. The van der Waals surface area contributed by atoms with Gasteiger partial charge in [-0.15, -0.1) is 5.10 Å². The van der Waals surface area contributed by atoms with Gasteiger partial charge in [-0.2, -0.15) is 4.98 Å². The van der Waals surface area contributed by atoms with Crippen molar-refractivity contribution in [3.63, 3.8) is 0 Å². The van der Waals surface area contributed by atoms with Crippen LogP contribution in [-0.2, 0) is 24.3 Å². The van der Waals surface area contributed by atoms with Crippen LogP contribution in [0.1, 0.15) is 43.7 Å². The zero-order chi connectivity index (χ0) is 15.8. The van der Waals surface area contributed by atoms with E-state index in [1.54, 1.807) is 6.20 Å². The standard InChI is InChI=1S/C15H22N6O2/c1-10(2)5-15-17-14(18-23-15)8-20-4-3-12-13(7-20)22-9-11-6-16-19-21(11)12/h6,10,12-13H,3-5,7-9H2,1-2H3/t12-,13-/m0/s1. The Labute approximate surface area is 134 Å². The predicted molar refractivity (Wildman–Crippen MR) is 80.4 cm³/mol. The molecule has 0 amide bonds. The number of fused-ring (bicyclic) bond motifs is 3. The van der Waals surface area contributed by atoms with Gasteiger partial charge in [-0.05, 0) is 12.3 Å². The Morgan fingerprint density at radius 3 is 3.17 bits per heavy atom. The summed E-state index contributed by atoms with van der Waals surface area (Å²) >= 11 is 0. The van der Waals surface area contributed by atoms with Gasteiger partial charge in [-0.25, -0.2) is 4.68 Å². The third-order valence-corrected chi connectivity index (χ3v) is 4.47. The van der Waals surface area contributed by atoms with Crippen LogP contribution in [0.5, 0.6) is 0 Å². The summed E-state index contributed by atoms with van der Waals surface area (Å²) in [7, 11) is 0. The molecule has 0 bridgehead atoms. The molecule has 4 heterocycles. The van der Waals surface area contributed by atoms with E-state index in [1.807, 2.05) is 4.68 Å². The van der Waals surface area contributed by atoms with E-state index in [2.05, 4.69) is 39.2 Å². The molecule has 8 heteroatoms. The van der Waals surface area contributed by atoms with Gasteiger partial charge in [0.1, 0.15) is 0 Å². The highest BCUT2D eigenvalue weighted by atomic mass is 16.5. The van der Waals surface area contributed by atoms with Crippen LogP contribution in [-0.4, -0.2) is 49.2 Å². The van der Waals surface area contributed by atoms with Crippen molar-refractivity contribution in [2.24, 2.45) is 5.92 Å². The fourth-order valence-corrected chi connectivity index (χ4v) is 3.38. The molecule has 0 N–H and O–H groups in total. The first-order valence-corrected chi connectivity index (χ1v) is 8.23. The first kappa shape index (κ1) is 14.8. The number of piperidine rings is 1. The largest absolute Gasteiger partial charge is 0.368 e. The van der Waals surface area contributed by atoms with Gasteiger partial charge in [-0.3, -0.25) is 4.90 Å². The highest BCUT2D eigenvalue weighted by molar-refractivity contribution is 5.01. The summed E-state index contributed by atoms with van der Waals surface area (Å²) in [5, 5.41) is 12.3. The van der Waals surface area contributed by atoms with Crippen LogP contribution in [0, 0.1) is 5.92 Å². The zero-order valence-corrected chi connectivity index (χ0v) is 13.6. The van der Waals surface area contributed by atoms with Gasteiger partial charge < -0.3 is 9.26 Å². The molecular weight excluding hydrogens is 296 g/mol. The van der Waals surface area contributed by atoms with Gasteiger partial charge in [0.15, 0.2) is 5.82 Å². The molecule has 0 aliphatic carbocycles. The van der Waals surface area contributed by atoms with Gasteiger partial charge >= 0.3 is 0 Å². The molecule has 1 fully saturated rings. The van der Waals surface area contributed by atoms with E-state index in [9.17, 15) is 0 Å². The SMILES string of the molecule is CC(C)Cc1nc(CN2CC[C@H]3[C@H](C2)OCc2cnnn23)no1. The third kappa shape index (κ3) is 3.00. The Bertz CT molecular complexity index is 666. The molecule has 1 saturated heterocycles. The van der Waals surface area contributed by atoms with E-state index >= 15 is 0 Å². The lowest BCUT2D eigenvalue weighted by Gasteiger charge is -2.40. The van der Waals surface area contributed by atoms with Gasteiger partial charge in [0.05, 0.1) is 37.2 Å². The molecule has 8 nitrogen and oxygen atoms in total. The quantitative estimate of drug-likeness (QED) is 0.838. The van der Waals surface area contributed by atoms with Crippen LogP contribution in [0.15, 0.2) is 10.7 Å². The molecule has 2 aliphatic rings. The van der Waals surface area contributed by atoms with Crippen LogP contribution in [0.4, 0.5) is 0 Å². The fraction of sp³-hybridized carbons (Fsp3) is 0.733. The van der Waals surface area contributed by atoms with E-state index in [0.717, 1.165) is 43.3 Å². The number of nitrogens with zero attached hydrogens (tertiary/aromatic N) is 6. The monoisotopic (exact) mass is 318 g/mol. The maximum Gasteiger partial charge on any atom is 0.226 e. The van der Waals surface area contributed by atoms with Crippen molar-refractivity contribution in [2.45, 2.75) is 52.0 Å². The third-order valence-electron chi connectivity index (χ3n) is 4.47. The van der Waals surface area contributed by atoms with E-state index in [0.29, 0.717) is 25.1 Å². The minimum absolute atomic E-state index is 0.153. The van der Waals surface area contributed by atoms with E-state index in [4.69, 9.17) is 9.26 Å². The van der Waals surface area contributed by atoms with E-state index < -0.39 is 0 Å². The fourth-order valence-electron chi connectivity index (χ4n) is 3.38. The molecule has 0 spiro atoms. The second-order valence-corrected chi connectivity index (χ2v) is 6.81. The first-order chi connectivity index (χ1) is 11.2. The highest BCUT2D eigenvalue weighted by Gasteiger charge is 2.36. The number of hydrogen-bond donors (Lipinski definition) is 0. The lowest BCUT2D eigenvalue weighted by Crippen LogP contribution is -2.48. The predicted octanol–water partition coefficient (Wildman–Crippen LogP) is 1.21. The molecule has 0 radical (unpaired) electrons. The van der Waals surface area contributed by atoms with Crippen molar-refractivity contribution < 1.29 is 9.26 Å². The molecule has 124 valence electrons. The lowest BCUT2D eigenvalue weighted by molar-refractivity contribution is -0.0709. The summed E-state index contributed by atoms with van der Waals surface area (Å²) in [6.07, 6.45) is 3.77. The normalized spacial score (nSPS) is 24.7. The van der Waals surface area contributed by atoms with Crippen molar-refractivity contribution >= 4 is 0 Å².